The number of amides is 1. The number of carbonyl (C=O) groups is 1. The fraction of sp³-hybridized carbons (Fsp3) is 0.625. The van der Waals surface area contributed by atoms with E-state index < -0.39 is 0 Å². The van der Waals surface area contributed by atoms with Crippen LogP contribution in [-0.2, 0) is 6.54 Å². The Morgan fingerprint density at radius 3 is 2.79 bits per heavy atom. The highest BCUT2D eigenvalue weighted by atomic mass is 16.5. The van der Waals surface area contributed by atoms with Crippen molar-refractivity contribution in [3.63, 3.8) is 0 Å². The van der Waals surface area contributed by atoms with E-state index in [4.69, 9.17) is 14.4 Å². The summed E-state index contributed by atoms with van der Waals surface area (Å²) in [5.41, 5.74) is 1.53. The van der Waals surface area contributed by atoms with Crippen LogP contribution in [0.5, 0.6) is 5.75 Å². The average Bonchev–Trinajstić information content (AvgIpc) is 3.25. The second-order valence-electron chi connectivity index (χ2n) is 8.96. The largest absolute Gasteiger partial charge is 0.494 e. The van der Waals surface area contributed by atoms with Crippen molar-refractivity contribution < 1.29 is 19.2 Å². The van der Waals surface area contributed by atoms with E-state index in [-0.39, 0.29) is 12.5 Å². The third-order valence-electron chi connectivity index (χ3n) is 5.89. The van der Waals surface area contributed by atoms with E-state index in [9.17, 15) is 4.79 Å². The van der Waals surface area contributed by atoms with Gasteiger partial charge < -0.3 is 29.5 Å². The van der Waals surface area contributed by atoms with Crippen molar-refractivity contribution in [1.29, 1.82) is 0 Å². The van der Waals surface area contributed by atoms with Crippen LogP contribution in [0.3, 0.4) is 0 Å². The van der Waals surface area contributed by atoms with Crippen molar-refractivity contribution in [2.24, 2.45) is 5.92 Å². The summed E-state index contributed by atoms with van der Waals surface area (Å²) in [6, 6.07) is 5.56. The van der Waals surface area contributed by atoms with Crippen LogP contribution >= 0.6 is 0 Å². The molecule has 1 aromatic carbocycles. The van der Waals surface area contributed by atoms with E-state index in [1.165, 1.54) is 0 Å². The molecule has 9 heteroatoms. The Labute approximate surface area is 196 Å². The van der Waals surface area contributed by atoms with Gasteiger partial charge in [-0.15, -0.1) is 0 Å². The van der Waals surface area contributed by atoms with E-state index in [2.05, 4.69) is 20.4 Å². The van der Waals surface area contributed by atoms with Gasteiger partial charge in [0.2, 0.25) is 5.89 Å². The quantitative estimate of drug-likeness (QED) is 0.467. The van der Waals surface area contributed by atoms with Crippen LogP contribution in [0.15, 0.2) is 22.7 Å². The van der Waals surface area contributed by atoms with Crippen LogP contribution < -0.4 is 15.0 Å². The SMILES string of the molecule is Cc1cc(OCCCC2CCN(c3noc(CN(C)C)n3)CC2)ccc1C(=O)NCCCO. The third kappa shape index (κ3) is 7.71. The zero-order valence-electron chi connectivity index (χ0n) is 20.0. The highest BCUT2D eigenvalue weighted by Gasteiger charge is 2.22. The van der Waals surface area contributed by atoms with Gasteiger partial charge in [-0.05, 0) is 88.0 Å². The number of carbonyl (C=O) groups excluding carboxylic acids is 1. The molecule has 1 aliphatic heterocycles. The molecule has 1 aliphatic rings. The number of aryl methyl sites for hydroxylation is 1. The monoisotopic (exact) mass is 459 g/mol. The number of ether oxygens (including phenoxy) is 1. The molecule has 2 heterocycles. The third-order valence-corrected chi connectivity index (χ3v) is 5.89. The number of anilines is 1. The van der Waals surface area contributed by atoms with Crippen LogP contribution in [0, 0.1) is 12.8 Å². The maximum Gasteiger partial charge on any atom is 0.266 e. The Morgan fingerprint density at radius 1 is 1.30 bits per heavy atom. The molecule has 1 amide bonds. The molecule has 1 saturated heterocycles. The fourth-order valence-corrected chi connectivity index (χ4v) is 4.05. The summed E-state index contributed by atoms with van der Waals surface area (Å²) in [5.74, 6) is 2.72. The maximum atomic E-state index is 12.2. The topological polar surface area (TPSA) is 104 Å². The van der Waals surface area contributed by atoms with Crippen molar-refractivity contribution in [3.05, 3.63) is 35.2 Å². The van der Waals surface area contributed by atoms with Gasteiger partial charge in [-0.2, -0.15) is 4.98 Å². The van der Waals surface area contributed by atoms with Gasteiger partial charge in [0.05, 0.1) is 13.2 Å². The van der Waals surface area contributed by atoms with E-state index in [0.29, 0.717) is 49.4 Å². The Bertz CT molecular complexity index is 877. The maximum absolute atomic E-state index is 12.2. The highest BCUT2D eigenvalue weighted by molar-refractivity contribution is 5.95. The van der Waals surface area contributed by atoms with Crippen molar-refractivity contribution >= 4 is 11.9 Å². The molecule has 0 unspecified atom stereocenters. The Balaban J connectivity index is 1.35. The second-order valence-corrected chi connectivity index (χ2v) is 8.96. The number of aliphatic hydroxyl groups is 1. The normalized spacial score (nSPS) is 14.6. The lowest BCUT2D eigenvalue weighted by molar-refractivity contribution is 0.0950. The van der Waals surface area contributed by atoms with Crippen molar-refractivity contribution in [2.45, 2.75) is 45.6 Å². The molecule has 0 saturated carbocycles. The molecule has 0 bridgehead atoms. The molecule has 0 radical (unpaired) electrons. The Kier molecular flexibility index (Phi) is 9.50. The van der Waals surface area contributed by atoms with Crippen LogP contribution in [0.2, 0.25) is 0 Å². The van der Waals surface area contributed by atoms with E-state index >= 15 is 0 Å². The Hall–Kier alpha value is -2.65. The average molecular weight is 460 g/mol. The molecule has 0 spiro atoms. The zero-order chi connectivity index (χ0) is 23.6. The molecule has 182 valence electrons. The molecule has 0 atom stereocenters. The predicted molar refractivity (Wildman–Crippen MR) is 127 cm³/mol. The van der Waals surface area contributed by atoms with Crippen molar-refractivity contribution in [1.82, 2.24) is 20.4 Å². The van der Waals surface area contributed by atoms with Crippen molar-refractivity contribution in [3.8, 4) is 5.75 Å². The highest BCUT2D eigenvalue weighted by Crippen LogP contribution is 2.25. The van der Waals surface area contributed by atoms with Gasteiger partial charge in [0.15, 0.2) is 0 Å². The summed E-state index contributed by atoms with van der Waals surface area (Å²) < 4.78 is 11.3. The molecule has 3 rings (SSSR count). The molecule has 1 aromatic heterocycles. The summed E-state index contributed by atoms with van der Waals surface area (Å²) in [7, 11) is 3.96. The first-order chi connectivity index (χ1) is 16.0. The smallest absolute Gasteiger partial charge is 0.266 e. The van der Waals surface area contributed by atoms with Crippen LogP contribution in [-0.4, -0.2) is 73.0 Å². The van der Waals surface area contributed by atoms with Gasteiger partial charge in [0.25, 0.3) is 11.9 Å². The van der Waals surface area contributed by atoms with E-state index in [0.717, 1.165) is 50.1 Å². The summed E-state index contributed by atoms with van der Waals surface area (Å²) >= 11 is 0. The number of benzene rings is 1. The number of aliphatic hydroxyl groups excluding tert-OH is 1. The van der Waals surface area contributed by atoms with Crippen LogP contribution in [0.25, 0.3) is 0 Å². The van der Waals surface area contributed by atoms with Gasteiger partial charge in [-0.25, -0.2) is 0 Å². The van der Waals surface area contributed by atoms with Gasteiger partial charge in [0.1, 0.15) is 5.75 Å². The number of hydrogen-bond donors (Lipinski definition) is 2. The van der Waals surface area contributed by atoms with Gasteiger partial charge in [0, 0.05) is 31.8 Å². The predicted octanol–water partition coefficient (Wildman–Crippen LogP) is 2.63. The summed E-state index contributed by atoms with van der Waals surface area (Å²) in [6.45, 7) is 5.68. The first-order valence-corrected chi connectivity index (χ1v) is 11.8. The first kappa shape index (κ1) is 25.0. The van der Waals surface area contributed by atoms with Gasteiger partial charge in [-0.1, -0.05) is 0 Å². The summed E-state index contributed by atoms with van der Waals surface area (Å²) in [5, 5.41) is 15.8. The zero-order valence-corrected chi connectivity index (χ0v) is 20.0. The van der Waals surface area contributed by atoms with Crippen LogP contribution in [0.1, 0.15) is 53.9 Å². The number of hydrogen-bond acceptors (Lipinski definition) is 8. The minimum atomic E-state index is -0.117. The first-order valence-electron chi connectivity index (χ1n) is 11.8. The van der Waals surface area contributed by atoms with Gasteiger partial charge in [-0.3, -0.25) is 4.79 Å². The summed E-state index contributed by atoms with van der Waals surface area (Å²) in [6.07, 6.45) is 4.94. The standard InChI is InChI=1S/C24H37N5O4/c1-18-16-20(7-8-21(18)23(31)25-11-5-14-30)32-15-4-6-19-9-12-29(13-10-19)24-26-22(33-27-24)17-28(2)3/h7-8,16,19,30H,4-6,9-15,17H2,1-3H3,(H,25,31). The molecular formula is C24H37N5O4. The number of rotatable bonds is 12. The van der Waals surface area contributed by atoms with Crippen LogP contribution in [0.4, 0.5) is 5.95 Å². The Morgan fingerprint density at radius 2 is 2.09 bits per heavy atom. The fourth-order valence-electron chi connectivity index (χ4n) is 4.05. The minimum Gasteiger partial charge on any atom is -0.494 e. The molecule has 9 nitrogen and oxygen atoms in total. The molecule has 2 aromatic rings. The molecule has 1 fully saturated rings. The lowest BCUT2D eigenvalue weighted by Gasteiger charge is -2.30. The second kappa shape index (κ2) is 12.6. The number of aromatic nitrogens is 2. The number of nitrogens with zero attached hydrogens (tertiary/aromatic N) is 4. The molecule has 33 heavy (non-hydrogen) atoms. The number of nitrogens with one attached hydrogen (secondary N) is 1. The minimum absolute atomic E-state index is 0.0713. The van der Waals surface area contributed by atoms with Gasteiger partial charge >= 0.3 is 0 Å². The van der Waals surface area contributed by atoms with E-state index in [1.54, 1.807) is 6.07 Å². The number of piperidine rings is 1. The lowest BCUT2D eigenvalue weighted by atomic mass is 9.92. The lowest BCUT2D eigenvalue weighted by Crippen LogP contribution is -2.34. The molecular weight excluding hydrogens is 422 g/mol. The van der Waals surface area contributed by atoms with Crippen molar-refractivity contribution in [2.75, 3.05) is 51.8 Å². The van der Waals surface area contributed by atoms with E-state index in [1.807, 2.05) is 38.1 Å². The summed E-state index contributed by atoms with van der Waals surface area (Å²) in [4.78, 5) is 20.9. The molecule has 0 aliphatic carbocycles. The molecule has 2 N–H and O–H groups in total.